The molecule has 0 amide bonds. The van der Waals surface area contributed by atoms with E-state index in [9.17, 15) is 0 Å². The molecule has 0 aliphatic rings. The summed E-state index contributed by atoms with van der Waals surface area (Å²) in [7, 11) is 0. The molecular weight excluding hydrogens is 252 g/mol. The summed E-state index contributed by atoms with van der Waals surface area (Å²) in [6.07, 6.45) is 0. The Labute approximate surface area is 109 Å². The number of nitrogens with zero attached hydrogens (tertiary/aromatic N) is 1. The van der Waals surface area contributed by atoms with Gasteiger partial charge in [0.25, 0.3) is 0 Å². The van der Waals surface area contributed by atoms with Crippen molar-refractivity contribution in [2.24, 2.45) is 0 Å². The molecule has 0 aromatic carbocycles. The van der Waals surface area contributed by atoms with Gasteiger partial charge in [-0.05, 0) is 18.0 Å². The lowest BCUT2D eigenvalue weighted by atomic mass is 10.5. The van der Waals surface area contributed by atoms with E-state index in [1.807, 2.05) is 6.07 Å². The molecule has 1 N–H and O–H groups in total. The van der Waals surface area contributed by atoms with Crippen LogP contribution in [0, 0.1) is 0 Å². The molecule has 2 aromatic heterocycles. The maximum absolute atomic E-state index is 5.62. The minimum Gasteiger partial charge on any atom is -0.370 e. The van der Waals surface area contributed by atoms with Gasteiger partial charge in [0.15, 0.2) is 0 Å². The predicted molar refractivity (Wildman–Crippen MR) is 72.3 cm³/mol. The number of nitrogens with one attached hydrogen (secondary N) is 1. The Bertz CT molecular complexity index is 425. The first-order chi connectivity index (χ1) is 8.38. The zero-order valence-corrected chi connectivity index (χ0v) is 11.4. The summed E-state index contributed by atoms with van der Waals surface area (Å²) < 4.78 is 5.62. The third kappa shape index (κ3) is 4.20. The Morgan fingerprint density at radius 3 is 3.06 bits per heavy atom. The van der Waals surface area contributed by atoms with Crippen LogP contribution in [0.5, 0.6) is 0 Å². The van der Waals surface area contributed by atoms with Crippen LogP contribution in [0.3, 0.4) is 0 Å². The lowest BCUT2D eigenvalue weighted by Crippen LogP contribution is -2.11. The normalized spacial score (nSPS) is 10.9. The molecule has 2 heterocycles. The predicted octanol–water partition coefficient (Wildman–Crippen LogP) is 3.03. The van der Waals surface area contributed by atoms with E-state index >= 15 is 0 Å². The summed E-state index contributed by atoms with van der Waals surface area (Å²) >= 11 is 3.41. The average Bonchev–Trinajstić information content (AvgIpc) is 2.98. The Balaban J connectivity index is 1.73. The standard InChI is InChI=1S/C12H16N2OS2/c1-2-13-6-12-14-10(9-17-12)7-15-8-11-4-3-5-16-11/h3-5,9,13H,2,6-8H2,1H3. The van der Waals surface area contributed by atoms with Gasteiger partial charge in [-0.3, -0.25) is 0 Å². The van der Waals surface area contributed by atoms with Crippen molar-refractivity contribution in [1.29, 1.82) is 0 Å². The van der Waals surface area contributed by atoms with Crippen molar-refractivity contribution in [3.05, 3.63) is 38.5 Å². The minimum atomic E-state index is 0.598. The Hall–Kier alpha value is -0.750. The van der Waals surface area contributed by atoms with Gasteiger partial charge in [0.2, 0.25) is 0 Å². The van der Waals surface area contributed by atoms with Crippen molar-refractivity contribution >= 4 is 22.7 Å². The largest absolute Gasteiger partial charge is 0.370 e. The molecule has 0 bridgehead atoms. The van der Waals surface area contributed by atoms with E-state index in [1.165, 1.54) is 4.88 Å². The molecule has 0 spiro atoms. The van der Waals surface area contributed by atoms with Gasteiger partial charge < -0.3 is 10.1 Å². The van der Waals surface area contributed by atoms with Crippen LogP contribution in [0.2, 0.25) is 0 Å². The molecule has 2 rings (SSSR count). The fourth-order valence-electron chi connectivity index (χ4n) is 1.38. The van der Waals surface area contributed by atoms with Gasteiger partial charge in [-0.2, -0.15) is 0 Å². The Morgan fingerprint density at radius 1 is 1.35 bits per heavy atom. The van der Waals surface area contributed by atoms with Crippen molar-refractivity contribution in [1.82, 2.24) is 10.3 Å². The summed E-state index contributed by atoms with van der Waals surface area (Å²) in [5.41, 5.74) is 1.03. The molecule has 0 radical (unpaired) electrons. The zero-order valence-electron chi connectivity index (χ0n) is 9.81. The smallest absolute Gasteiger partial charge is 0.107 e. The number of aromatic nitrogens is 1. The van der Waals surface area contributed by atoms with Crippen LogP contribution in [-0.4, -0.2) is 11.5 Å². The second kappa shape index (κ2) is 6.86. The lowest BCUT2D eigenvalue weighted by Gasteiger charge is -1.99. The van der Waals surface area contributed by atoms with E-state index in [-0.39, 0.29) is 0 Å². The first kappa shape index (κ1) is 12.7. The van der Waals surface area contributed by atoms with Crippen molar-refractivity contribution in [3.63, 3.8) is 0 Å². The molecule has 92 valence electrons. The average molecular weight is 268 g/mol. The molecule has 3 nitrogen and oxygen atoms in total. The molecule has 0 saturated heterocycles. The van der Waals surface area contributed by atoms with Crippen molar-refractivity contribution < 1.29 is 4.74 Å². The van der Waals surface area contributed by atoms with E-state index < -0.39 is 0 Å². The number of hydrogen-bond acceptors (Lipinski definition) is 5. The molecule has 0 fully saturated rings. The van der Waals surface area contributed by atoms with Crippen LogP contribution in [-0.2, 0) is 24.5 Å². The molecule has 0 saturated carbocycles. The van der Waals surface area contributed by atoms with Gasteiger partial charge in [-0.1, -0.05) is 13.0 Å². The Kier molecular flexibility index (Phi) is 5.12. The molecule has 0 unspecified atom stereocenters. The quantitative estimate of drug-likeness (QED) is 0.838. The van der Waals surface area contributed by atoms with Crippen LogP contribution in [0.1, 0.15) is 22.5 Å². The van der Waals surface area contributed by atoms with Crippen molar-refractivity contribution in [3.8, 4) is 0 Å². The lowest BCUT2D eigenvalue weighted by molar-refractivity contribution is 0.107. The van der Waals surface area contributed by atoms with Gasteiger partial charge in [-0.25, -0.2) is 4.98 Å². The molecule has 2 aromatic rings. The third-order valence-electron chi connectivity index (χ3n) is 2.20. The monoisotopic (exact) mass is 268 g/mol. The fraction of sp³-hybridized carbons (Fsp3) is 0.417. The van der Waals surface area contributed by atoms with E-state index in [0.717, 1.165) is 23.8 Å². The molecule has 5 heteroatoms. The highest BCUT2D eigenvalue weighted by atomic mass is 32.1. The molecule has 0 aliphatic heterocycles. The number of thiophene rings is 1. The first-order valence-corrected chi connectivity index (χ1v) is 7.38. The molecular formula is C12H16N2OS2. The first-order valence-electron chi connectivity index (χ1n) is 5.62. The summed E-state index contributed by atoms with van der Waals surface area (Å²) in [5.74, 6) is 0. The van der Waals surface area contributed by atoms with Crippen LogP contribution in [0.15, 0.2) is 22.9 Å². The summed E-state index contributed by atoms with van der Waals surface area (Å²) in [5, 5.41) is 8.53. The number of ether oxygens (including phenoxy) is 1. The molecule has 0 aliphatic carbocycles. The molecule has 0 atom stereocenters. The number of hydrogen-bond donors (Lipinski definition) is 1. The number of rotatable bonds is 7. The fourth-order valence-corrected chi connectivity index (χ4v) is 2.77. The van der Waals surface area contributed by atoms with Crippen LogP contribution in [0.4, 0.5) is 0 Å². The van der Waals surface area contributed by atoms with Crippen LogP contribution >= 0.6 is 22.7 Å². The van der Waals surface area contributed by atoms with E-state index in [4.69, 9.17) is 4.74 Å². The maximum atomic E-state index is 5.62. The third-order valence-corrected chi connectivity index (χ3v) is 3.95. The van der Waals surface area contributed by atoms with Gasteiger partial charge >= 0.3 is 0 Å². The van der Waals surface area contributed by atoms with E-state index in [0.29, 0.717) is 13.2 Å². The second-order valence-electron chi connectivity index (χ2n) is 3.59. The van der Waals surface area contributed by atoms with Gasteiger partial charge in [-0.15, -0.1) is 22.7 Å². The van der Waals surface area contributed by atoms with E-state index in [2.05, 4.69) is 34.1 Å². The highest BCUT2D eigenvalue weighted by molar-refractivity contribution is 7.10. The maximum Gasteiger partial charge on any atom is 0.107 e. The van der Waals surface area contributed by atoms with Gasteiger partial charge in [0.1, 0.15) is 5.01 Å². The van der Waals surface area contributed by atoms with Crippen LogP contribution < -0.4 is 5.32 Å². The van der Waals surface area contributed by atoms with Crippen molar-refractivity contribution in [2.45, 2.75) is 26.7 Å². The summed E-state index contributed by atoms with van der Waals surface area (Å²) in [6, 6.07) is 4.13. The highest BCUT2D eigenvalue weighted by Gasteiger charge is 2.02. The van der Waals surface area contributed by atoms with Gasteiger partial charge in [0.05, 0.1) is 18.9 Å². The van der Waals surface area contributed by atoms with Crippen molar-refractivity contribution in [2.75, 3.05) is 6.54 Å². The number of thiazole rings is 1. The van der Waals surface area contributed by atoms with Crippen LogP contribution in [0.25, 0.3) is 0 Å². The molecule has 17 heavy (non-hydrogen) atoms. The minimum absolute atomic E-state index is 0.598. The zero-order chi connectivity index (χ0) is 11.9. The second-order valence-corrected chi connectivity index (χ2v) is 5.56. The highest BCUT2D eigenvalue weighted by Crippen LogP contribution is 2.13. The summed E-state index contributed by atoms with van der Waals surface area (Å²) in [6.45, 7) is 5.20. The SMILES string of the molecule is CCNCc1nc(COCc2cccs2)cs1. The topological polar surface area (TPSA) is 34.2 Å². The van der Waals surface area contributed by atoms with E-state index in [1.54, 1.807) is 22.7 Å². The summed E-state index contributed by atoms with van der Waals surface area (Å²) in [4.78, 5) is 5.76. The van der Waals surface area contributed by atoms with Gasteiger partial charge in [0, 0.05) is 16.8 Å². The Morgan fingerprint density at radius 2 is 2.29 bits per heavy atom.